The summed E-state index contributed by atoms with van der Waals surface area (Å²) >= 11 is 0. The maximum Gasteiger partial charge on any atom is 0.419 e. The highest BCUT2D eigenvalue weighted by atomic mass is 31.1. The van der Waals surface area contributed by atoms with E-state index in [1.807, 2.05) is 0 Å². The number of carbonyl (C=O) groups excluding carboxylic acids is 1. The van der Waals surface area contributed by atoms with E-state index < -0.39 is 49.4 Å². The van der Waals surface area contributed by atoms with Crippen LogP contribution >= 0.6 is 9.03 Å². The SMILES string of the molecule is Cc1cc(F)ccc1N1CN(c2ccc(=O)n(CO[PH2+]O)c2C)C(=O)c2cc(C(F)(F)F)c(F)cc21. The van der Waals surface area contributed by atoms with Gasteiger partial charge in [0.05, 0.1) is 22.5 Å². The second kappa shape index (κ2) is 9.61. The maximum atomic E-state index is 14.6. The number of benzene rings is 2. The van der Waals surface area contributed by atoms with Gasteiger partial charge < -0.3 is 4.90 Å². The highest BCUT2D eigenvalue weighted by molar-refractivity contribution is 7.24. The second-order valence-corrected chi connectivity index (χ2v) is 8.60. The van der Waals surface area contributed by atoms with Crippen molar-refractivity contribution in [2.24, 2.45) is 0 Å². The van der Waals surface area contributed by atoms with Gasteiger partial charge in [-0.1, -0.05) is 0 Å². The lowest BCUT2D eigenvalue weighted by Crippen LogP contribution is -2.46. The molecular weight excluding hydrogens is 508 g/mol. The van der Waals surface area contributed by atoms with Gasteiger partial charge in [-0.3, -0.25) is 19.1 Å². The molecule has 1 aromatic heterocycles. The quantitative estimate of drug-likeness (QED) is 0.383. The Labute approximate surface area is 203 Å². The molecular formula is C23H20F5N3O4P+. The molecule has 0 saturated heterocycles. The Morgan fingerprint density at radius 2 is 1.67 bits per heavy atom. The first-order valence-electron chi connectivity index (χ1n) is 10.5. The van der Waals surface area contributed by atoms with Gasteiger partial charge in [-0.25, -0.2) is 13.7 Å². The van der Waals surface area contributed by atoms with Crippen LogP contribution < -0.4 is 15.4 Å². The average molecular weight is 528 g/mol. The third-order valence-electron chi connectivity index (χ3n) is 5.88. The van der Waals surface area contributed by atoms with Gasteiger partial charge in [0.1, 0.15) is 18.3 Å². The number of nitrogens with zero attached hydrogens (tertiary/aromatic N) is 3. The number of pyridine rings is 1. The van der Waals surface area contributed by atoms with Gasteiger partial charge in [0.15, 0.2) is 6.73 Å². The first-order chi connectivity index (χ1) is 16.9. The van der Waals surface area contributed by atoms with E-state index in [1.54, 1.807) is 6.92 Å². The first kappa shape index (κ1) is 25.7. The number of aryl methyl sites for hydroxylation is 1. The van der Waals surface area contributed by atoms with Crippen molar-refractivity contribution in [3.8, 4) is 0 Å². The zero-order valence-electron chi connectivity index (χ0n) is 18.9. The van der Waals surface area contributed by atoms with Crippen molar-refractivity contribution in [1.82, 2.24) is 4.57 Å². The normalized spacial score (nSPS) is 14.2. The molecule has 0 fully saturated rings. The number of alkyl halides is 3. The molecule has 1 amide bonds. The predicted octanol–water partition coefficient (Wildman–Crippen LogP) is 4.73. The number of carbonyl (C=O) groups is 1. The second-order valence-electron chi connectivity index (χ2n) is 8.05. The zero-order valence-corrected chi connectivity index (χ0v) is 20.1. The van der Waals surface area contributed by atoms with Crippen molar-refractivity contribution in [1.29, 1.82) is 0 Å². The minimum absolute atomic E-state index is 0.116. The van der Waals surface area contributed by atoms with Crippen LogP contribution in [0, 0.1) is 25.5 Å². The number of rotatable bonds is 5. The van der Waals surface area contributed by atoms with E-state index >= 15 is 0 Å². The largest absolute Gasteiger partial charge is 0.419 e. The summed E-state index contributed by atoms with van der Waals surface area (Å²) in [6, 6.07) is 7.31. The molecule has 3 aromatic rings. The third kappa shape index (κ3) is 4.59. The molecule has 190 valence electrons. The van der Waals surface area contributed by atoms with Crippen LogP contribution in [-0.4, -0.2) is 22.0 Å². The lowest BCUT2D eigenvalue weighted by Gasteiger charge is -2.39. The lowest BCUT2D eigenvalue weighted by atomic mass is 10.0. The van der Waals surface area contributed by atoms with Gasteiger partial charge in [-0.2, -0.15) is 17.7 Å². The van der Waals surface area contributed by atoms with E-state index in [2.05, 4.69) is 0 Å². The molecule has 7 nitrogen and oxygen atoms in total. The van der Waals surface area contributed by atoms with Crippen LogP contribution in [0.2, 0.25) is 0 Å². The van der Waals surface area contributed by atoms with E-state index in [0.29, 0.717) is 23.4 Å². The summed E-state index contributed by atoms with van der Waals surface area (Å²) in [7, 11) is -1.37. The van der Waals surface area contributed by atoms with E-state index in [0.717, 1.165) is 21.6 Å². The number of halogens is 5. The fraction of sp³-hybridized carbons (Fsp3) is 0.217. The number of amides is 1. The molecule has 2 heterocycles. The molecule has 0 aliphatic carbocycles. The van der Waals surface area contributed by atoms with Crippen molar-refractivity contribution in [2.75, 3.05) is 16.5 Å². The number of hydrogen-bond acceptors (Lipinski definition) is 5. The van der Waals surface area contributed by atoms with Gasteiger partial charge in [0.2, 0.25) is 9.03 Å². The molecule has 36 heavy (non-hydrogen) atoms. The fourth-order valence-electron chi connectivity index (χ4n) is 4.13. The Kier molecular flexibility index (Phi) is 6.87. The highest BCUT2D eigenvalue weighted by Crippen LogP contribution is 2.42. The summed E-state index contributed by atoms with van der Waals surface area (Å²) in [4.78, 5) is 37.4. The summed E-state index contributed by atoms with van der Waals surface area (Å²) in [5, 5.41) is 0. The van der Waals surface area contributed by atoms with Gasteiger partial charge in [0.25, 0.3) is 11.5 Å². The predicted molar refractivity (Wildman–Crippen MR) is 125 cm³/mol. The Balaban J connectivity index is 1.94. The van der Waals surface area contributed by atoms with E-state index in [9.17, 15) is 31.5 Å². The summed E-state index contributed by atoms with van der Waals surface area (Å²) in [5.41, 5.74) is -1.45. The Morgan fingerprint density at radius 1 is 0.972 bits per heavy atom. The molecule has 1 aliphatic rings. The first-order valence-corrected chi connectivity index (χ1v) is 11.5. The van der Waals surface area contributed by atoms with Crippen molar-refractivity contribution in [2.45, 2.75) is 26.8 Å². The van der Waals surface area contributed by atoms with Crippen molar-refractivity contribution < 1.29 is 36.2 Å². The molecule has 0 radical (unpaired) electrons. The number of hydrogen-bond donors (Lipinski definition) is 1. The monoisotopic (exact) mass is 528 g/mol. The van der Waals surface area contributed by atoms with Gasteiger partial charge in [0, 0.05) is 17.4 Å². The zero-order chi connectivity index (χ0) is 26.4. The number of fused-ring (bicyclic) bond motifs is 1. The highest BCUT2D eigenvalue weighted by Gasteiger charge is 2.40. The van der Waals surface area contributed by atoms with E-state index in [1.165, 1.54) is 30.0 Å². The van der Waals surface area contributed by atoms with E-state index in [-0.39, 0.29) is 30.5 Å². The molecule has 1 unspecified atom stereocenters. The standard InChI is InChI=1S/C23H20F5N3O4P/c1-12-7-14(24)3-4-18(12)29-10-30(19-5-6-21(32)31(13(19)2)11-35-36-34)22(33)15-8-16(23(26,27)28)17(25)9-20(15)29/h3-9,34H,10-11,36H2,1-2H3/q+1. The Bertz CT molecular complexity index is 1410. The van der Waals surface area contributed by atoms with Crippen molar-refractivity contribution >= 4 is 32.0 Å². The molecule has 1 aliphatic heterocycles. The third-order valence-corrected chi connectivity index (χ3v) is 6.18. The molecule has 0 bridgehead atoms. The molecule has 1 atom stereocenters. The van der Waals surface area contributed by atoms with Crippen LogP contribution in [0.3, 0.4) is 0 Å². The average Bonchev–Trinajstić information content (AvgIpc) is 2.79. The number of anilines is 3. The Hall–Kier alpha value is -3.34. The van der Waals surface area contributed by atoms with Gasteiger partial charge in [-0.15, -0.1) is 0 Å². The van der Waals surface area contributed by atoms with Crippen LogP contribution in [0.15, 0.2) is 47.3 Å². The molecule has 13 heteroatoms. The van der Waals surface area contributed by atoms with E-state index in [4.69, 9.17) is 9.42 Å². The van der Waals surface area contributed by atoms with Crippen LogP contribution in [0.4, 0.5) is 39.0 Å². The minimum Gasteiger partial charge on any atom is -0.322 e. The molecule has 4 rings (SSSR count). The summed E-state index contributed by atoms with van der Waals surface area (Å²) < 4.78 is 74.9. The lowest BCUT2D eigenvalue weighted by molar-refractivity contribution is -0.140. The maximum absolute atomic E-state index is 14.6. The van der Waals surface area contributed by atoms with Gasteiger partial charge >= 0.3 is 6.18 Å². The van der Waals surface area contributed by atoms with Crippen LogP contribution in [0.5, 0.6) is 0 Å². The summed E-state index contributed by atoms with van der Waals surface area (Å²) in [6.07, 6.45) is -5.05. The fourth-order valence-corrected chi connectivity index (χ4v) is 4.35. The summed E-state index contributed by atoms with van der Waals surface area (Å²) in [5.74, 6) is -2.96. The summed E-state index contributed by atoms with van der Waals surface area (Å²) in [6.45, 7) is 2.51. The van der Waals surface area contributed by atoms with Crippen molar-refractivity contribution in [3.05, 3.63) is 86.8 Å². The molecule has 2 aromatic carbocycles. The van der Waals surface area contributed by atoms with Crippen molar-refractivity contribution in [3.63, 3.8) is 0 Å². The van der Waals surface area contributed by atoms with Gasteiger partial charge in [-0.05, 0) is 55.8 Å². The molecule has 1 N–H and O–H groups in total. The molecule has 0 spiro atoms. The minimum atomic E-state index is -5.05. The molecule has 0 saturated carbocycles. The smallest absolute Gasteiger partial charge is 0.322 e. The Morgan fingerprint density at radius 3 is 2.31 bits per heavy atom. The van der Waals surface area contributed by atoms with Crippen LogP contribution in [-0.2, 0) is 17.4 Å². The topological polar surface area (TPSA) is 75.0 Å². The van der Waals surface area contributed by atoms with Crippen LogP contribution in [0.1, 0.15) is 27.2 Å². The number of aromatic nitrogens is 1. The van der Waals surface area contributed by atoms with Crippen LogP contribution in [0.25, 0.3) is 0 Å².